The van der Waals surface area contributed by atoms with Crippen LogP contribution in [0.3, 0.4) is 0 Å². The van der Waals surface area contributed by atoms with Crippen LogP contribution < -0.4 is 10.6 Å². The molecule has 2 rings (SSSR count). The van der Waals surface area contributed by atoms with Gasteiger partial charge >= 0.3 is 0 Å². The molecule has 0 bridgehead atoms. The molecule has 1 amide bonds. The highest BCUT2D eigenvalue weighted by molar-refractivity contribution is 7.90. The number of aromatic nitrogens is 2. The Morgan fingerprint density at radius 1 is 1.19 bits per heavy atom. The van der Waals surface area contributed by atoms with Gasteiger partial charge in [-0.25, -0.2) is 8.42 Å². The van der Waals surface area contributed by atoms with Crippen molar-refractivity contribution in [3.05, 3.63) is 42.2 Å². The lowest BCUT2D eigenvalue weighted by atomic mass is 10.3. The van der Waals surface area contributed by atoms with E-state index < -0.39 is 9.84 Å². The number of carbonyl (C=O) groups is 1. The summed E-state index contributed by atoms with van der Waals surface area (Å²) in [5.74, 6) is -0.221. The van der Waals surface area contributed by atoms with E-state index in [-0.39, 0.29) is 10.8 Å². The maximum atomic E-state index is 11.6. The van der Waals surface area contributed by atoms with E-state index in [4.69, 9.17) is 0 Å². The molecule has 112 valence electrons. The van der Waals surface area contributed by atoms with Crippen molar-refractivity contribution in [2.75, 3.05) is 24.7 Å². The molecule has 0 unspecified atom stereocenters. The molecule has 1 aromatic carbocycles. The van der Waals surface area contributed by atoms with Gasteiger partial charge in [0, 0.05) is 31.2 Å². The Bertz CT molecular complexity index is 694. The van der Waals surface area contributed by atoms with Gasteiger partial charge in [0.2, 0.25) is 0 Å². The number of nitrogens with one attached hydrogen (secondary N) is 3. The van der Waals surface area contributed by atoms with Gasteiger partial charge in [-0.1, -0.05) is 0 Å². The maximum Gasteiger partial charge on any atom is 0.269 e. The zero-order valence-electron chi connectivity index (χ0n) is 11.5. The molecule has 2 aromatic rings. The van der Waals surface area contributed by atoms with Crippen LogP contribution >= 0.6 is 0 Å². The normalized spacial score (nSPS) is 11.1. The zero-order chi connectivity index (χ0) is 15.3. The maximum absolute atomic E-state index is 11.6. The Labute approximate surface area is 122 Å². The Morgan fingerprint density at radius 3 is 2.48 bits per heavy atom. The van der Waals surface area contributed by atoms with E-state index in [2.05, 4.69) is 20.8 Å². The van der Waals surface area contributed by atoms with Gasteiger partial charge in [0.1, 0.15) is 5.69 Å². The van der Waals surface area contributed by atoms with Gasteiger partial charge in [0.25, 0.3) is 5.91 Å². The van der Waals surface area contributed by atoms with Crippen LogP contribution in [0.2, 0.25) is 0 Å². The Morgan fingerprint density at radius 2 is 1.90 bits per heavy atom. The molecule has 0 atom stereocenters. The molecule has 0 aliphatic carbocycles. The van der Waals surface area contributed by atoms with Crippen LogP contribution in [0, 0.1) is 0 Å². The lowest BCUT2D eigenvalue weighted by Crippen LogP contribution is -2.29. The van der Waals surface area contributed by atoms with Crippen LogP contribution in [0.5, 0.6) is 0 Å². The number of anilines is 1. The van der Waals surface area contributed by atoms with Crippen molar-refractivity contribution in [1.82, 2.24) is 15.5 Å². The third-order valence-corrected chi connectivity index (χ3v) is 3.90. The molecule has 3 N–H and O–H groups in total. The molecule has 0 aliphatic rings. The number of sulfone groups is 1. The van der Waals surface area contributed by atoms with E-state index in [1.165, 1.54) is 12.5 Å². The van der Waals surface area contributed by atoms with Gasteiger partial charge in [0.15, 0.2) is 9.84 Å². The summed E-state index contributed by atoms with van der Waals surface area (Å²) in [4.78, 5) is 11.9. The van der Waals surface area contributed by atoms with Gasteiger partial charge in [-0.2, -0.15) is 5.10 Å². The predicted molar refractivity (Wildman–Crippen MR) is 79.0 cm³/mol. The van der Waals surface area contributed by atoms with Crippen molar-refractivity contribution in [1.29, 1.82) is 0 Å². The van der Waals surface area contributed by atoms with Crippen molar-refractivity contribution in [3.8, 4) is 0 Å². The fraction of sp³-hybridized carbons (Fsp3) is 0.231. The molecular weight excluding hydrogens is 292 g/mol. The highest BCUT2D eigenvalue weighted by atomic mass is 32.2. The third-order valence-electron chi connectivity index (χ3n) is 2.77. The van der Waals surface area contributed by atoms with Gasteiger partial charge in [-0.05, 0) is 30.3 Å². The molecule has 0 fully saturated rings. The van der Waals surface area contributed by atoms with Crippen molar-refractivity contribution < 1.29 is 13.2 Å². The second-order valence-corrected chi connectivity index (χ2v) is 6.47. The minimum atomic E-state index is -3.18. The Hall–Kier alpha value is -2.35. The molecule has 1 heterocycles. The quantitative estimate of drug-likeness (QED) is 0.680. The first-order chi connectivity index (χ1) is 9.97. The van der Waals surface area contributed by atoms with E-state index in [0.717, 1.165) is 5.69 Å². The molecular formula is C13H16N4O3S. The number of amides is 1. The summed E-state index contributed by atoms with van der Waals surface area (Å²) in [5.41, 5.74) is 1.20. The van der Waals surface area contributed by atoms with Crippen LogP contribution in [0.1, 0.15) is 10.5 Å². The first kappa shape index (κ1) is 15.0. The van der Waals surface area contributed by atoms with E-state index >= 15 is 0 Å². The molecule has 21 heavy (non-hydrogen) atoms. The van der Waals surface area contributed by atoms with E-state index in [1.54, 1.807) is 30.3 Å². The summed E-state index contributed by atoms with van der Waals surface area (Å²) >= 11 is 0. The predicted octanol–water partition coefficient (Wildman–Crippen LogP) is 0.655. The highest BCUT2D eigenvalue weighted by Crippen LogP contribution is 2.13. The molecule has 0 spiro atoms. The lowest BCUT2D eigenvalue weighted by molar-refractivity contribution is 0.0950. The summed E-state index contributed by atoms with van der Waals surface area (Å²) in [6, 6.07) is 8.05. The standard InChI is InChI=1S/C13H16N4O3S/c1-21(19,20)11-4-2-10(3-5-11)14-8-9-15-13(18)12-6-7-16-17-12/h2-7,14H,8-9H2,1H3,(H,15,18)(H,16,17). The minimum absolute atomic E-state index is 0.221. The molecule has 0 aliphatic heterocycles. The summed E-state index contributed by atoms with van der Waals surface area (Å²) in [5, 5.41) is 12.1. The van der Waals surface area contributed by atoms with Crippen molar-refractivity contribution in [2.24, 2.45) is 0 Å². The molecule has 0 radical (unpaired) electrons. The zero-order valence-corrected chi connectivity index (χ0v) is 12.3. The summed E-state index contributed by atoms with van der Waals surface area (Å²) in [6.45, 7) is 0.962. The fourth-order valence-corrected chi connectivity index (χ4v) is 2.31. The summed E-state index contributed by atoms with van der Waals surface area (Å²) in [6.07, 6.45) is 2.68. The van der Waals surface area contributed by atoms with Crippen LogP contribution in [0.25, 0.3) is 0 Å². The second kappa shape index (κ2) is 6.40. The fourth-order valence-electron chi connectivity index (χ4n) is 1.68. The average Bonchev–Trinajstić information content (AvgIpc) is 2.97. The number of aromatic amines is 1. The topological polar surface area (TPSA) is 104 Å². The average molecular weight is 308 g/mol. The van der Waals surface area contributed by atoms with Crippen molar-refractivity contribution >= 4 is 21.4 Å². The number of nitrogens with zero attached hydrogens (tertiary/aromatic N) is 1. The Balaban J connectivity index is 1.78. The second-order valence-electron chi connectivity index (χ2n) is 4.45. The van der Waals surface area contributed by atoms with Crippen LogP contribution in [-0.4, -0.2) is 43.9 Å². The van der Waals surface area contributed by atoms with E-state index in [0.29, 0.717) is 18.8 Å². The number of rotatable bonds is 6. The third kappa shape index (κ3) is 4.32. The number of benzene rings is 1. The number of hydrogen-bond acceptors (Lipinski definition) is 5. The Kier molecular flexibility index (Phi) is 4.59. The lowest BCUT2D eigenvalue weighted by Gasteiger charge is -2.08. The van der Waals surface area contributed by atoms with Gasteiger partial charge in [-0.15, -0.1) is 0 Å². The molecule has 8 heteroatoms. The van der Waals surface area contributed by atoms with Gasteiger partial charge in [-0.3, -0.25) is 9.89 Å². The van der Waals surface area contributed by atoms with Gasteiger partial charge < -0.3 is 10.6 Å². The van der Waals surface area contributed by atoms with Crippen LogP contribution in [-0.2, 0) is 9.84 Å². The molecule has 1 aromatic heterocycles. The minimum Gasteiger partial charge on any atom is -0.383 e. The largest absolute Gasteiger partial charge is 0.383 e. The summed E-state index contributed by atoms with van der Waals surface area (Å²) < 4.78 is 22.6. The van der Waals surface area contributed by atoms with E-state index in [9.17, 15) is 13.2 Å². The van der Waals surface area contributed by atoms with Crippen LogP contribution in [0.4, 0.5) is 5.69 Å². The first-order valence-electron chi connectivity index (χ1n) is 6.28. The number of H-pyrrole nitrogens is 1. The highest BCUT2D eigenvalue weighted by Gasteiger charge is 2.06. The SMILES string of the molecule is CS(=O)(=O)c1ccc(NCCNC(=O)c2ccn[nH]2)cc1. The van der Waals surface area contributed by atoms with Gasteiger partial charge in [0.05, 0.1) is 4.90 Å². The smallest absolute Gasteiger partial charge is 0.269 e. The number of carbonyl (C=O) groups excluding carboxylic acids is 1. The van der Waals surface area contributed by atoms with Crippen molar-refractivity contribution in [3.63, 3.8) is 0 Å². The monoisotopic (exact) mass is 308 g/mol. The first-order valence-corrected chi connectivity index (χ1v) is 8.17. The molecule has 0 saturated carbocycles. The van der Waals surface area contributed by atoms with Crippen LogP contribution in [0.15, 0.2) is 41.4 Å². The van der Waals surface area contributed by atoms with Crippen molar-refractivity contribution in [2.45, 2.75) is 4.90 Å². The molecule has 0 saturated heterocycles. The van der Waals surface area contributed by atoms with E-state index in [1.807, 2.05) is 0 Å². The number of hydrogen-bond donors (Lipinski definition) is 3. The molecule has 7 nitrogen and oxygen atoms in total. The summed E-state index contributed by atoms with van der Waals surface area (Å²) in [7, 11) is -3.18.